The average Bonchev–Trinajstić information content (AvgIpc) is 2.81. The molecule has 0 radical (unpaired) electrons. The van der Waals surface area contributed by atoms with Crippen molar-refractivity contribution in [3.8, 4) is 11.4 Å². The van der Waals surface area contributed by atoms with Crippen molar-refractivity contribution in [2.45, 2.75) is 6.92 Å². The van der Waals surface area contributed by atoms with Crippen molar-refractivity contribution in [1.82, 2.24) is 19.6 Å². The summed E-state index contributed by atoms with van der Waals surface area (Å²) in [5.74, 6) is 0.639. The van der Waals surface area contributed by atoms with Crippen LogP contribution in [0.4, 0.5) is 0 Å². The Bertz CT molecular complexity index is 682. The predicted octanol–water partition coefficient (Wildman–Crippen LogP) is 3.52. The summed E-state index contributed by atoms with van der Waals surface area (Å²) in [5.41, 5.74) is 2.61. The zero-order valence-corrected chi connectivity index (χ0v) is 11.8. The minimum Gasteiger partial charge on any atom is -0.226 e. The maximum atomic E-state index is 6.00. The van der Waals surface area contributed by atoms with Gasteiger partial charge < -0.3 is 0 Å². The van der Waals surface area contributed by atoms with E-state index in [0.717, 1.165) is 21.2 Å². The van der Waals surface area contributed by atoms with Crippen LogP contribution in [0.5, 0.6) is 0 Å². The van der Waals surface area contributed by atoms with E-state index in [1.807, 2.05) is 31.2 Å². The summed E-state index contributed by atoms with van der Waals surface area (Å²) in [6.07, 6.45) is 1.69. The number of halogens is 2. The molecule has 3 rings (SSSR count). The van der Waals surface area contributed by atoms with Crippen LogP contribution in [0.1, 0.15) is 5.56 Å². The molecule has 0 spiro atoms. The third kappa shape index (κ3) is 1.89. The molecule has 0 N–H and O–H groups in total. The van der Waals surface area contributed by atoms with E-state index >= 15 is 0 Å². The average molecular weight is 324 g/mol. The molecule has 6 heteroatoms. The Balaban J connectivity index is 2.22. The molecule has 0 aliphatic heterocycles. The summed E-state index contributed by atoms with van der Waals surface area (Å²) in [7, 11) is 0. The second-order valence-electron chi connectivity index (χ2n) is 3.89. The van der Waals surface area contributed by atoms with Crippen LogP contribution in [-0.4, -0.2) is 19.6 Å². The van der Waals surface area contributed by atoms with Gasteiger partial charge in [-0.15, -0.1) is 5.10 Å². The fourth-order valence-corrected chi connectivity index (χ4v) is 2.11. The monoisotopic (exact) mass is 322 g/mol. The fraction of sp³-hybridized carbons (Fsp3) is 0.0833. The third-order valence-electron chi connectivity index (χ3n) is 2.60. The zero-order chi connectivity index (χ0) is 12.7. The van der Waals surface area contributed by atoms with E-state index in [2.05, 4.69) is 31.0 Å². The summed E-state index contributed by atoms with van der Waals surface area (Å²) in [5, 5.41) is 4.68. The first-order valence-electron chi connectivity index (χ1n) is 5.29. The SMILES string of the molecule is Cc1cnc(Cl)n2nc(-c3ccc(Br)cc3)nc12. The van der Waals surface area contributed by atoms with Gasteiger partial charge >= 0.3 is 0 Å². The van der Waals surface area contributed by atoms with Gasteiger partial charge in [-0.3, -0.25) is 0 Å². The van der Waals surface area contributed by atoms with Crippen LogP contribution in [-0.2, 0) is 0 Å². The molecule has 90 valence electrons. The lowest BCUT2D eigenvalue weighted by Crippen LogP contribution is -1.94. The lowest BCUT2D eigenvalue weighted by Gasteiger charge is -1.95. The lowest BCUT2D eigenvalue weighted by molar-refractivity contribution is 0.919. The topological polar surface area (TPSA) is 43.1 Å². The van der Waals surface area contributed by atoms with Crippen molar-refractivity contribution >= 4 is 33.2 Å². The second kappa shape index (κ2) is 4.33. The number of nitrogens with zero attached hydrogens (tertiary/aromatic N) is 4. The van der Waals surface area contributed by atoms with E-state index in [9.17, 15) is 0 Å². The molecule has 0 bridgehead atoms. The van der Waals surface area contributed by atoms with Gasteiger partial charge in [-0.1, -0.05) is 28.1 Å². The first-order valence-corrected chi connectivity index (χ1v) is 6.46. The van der Waals surface area contributed by atoms with Crippen LogP contribution in [0.15, 0.2) is 34.9 Å². The highest BCUT2D eigenvalue weighted by molar-refractivity contribution is 9.10. The van der Waals surface area contributed by atoms with Gasteiger partial charge in [0.05, 0.1) is 0 Å². The minimum atomic E-state index is 0.312. The Morgan fingerprint density at radius 3 is 2.61 bits per heavy atom. The van der Waals surface area contributed by atoms with Crippen molar-refractivity contribution in [2.75, 3.05) is 0 Å². The van der Waals surface area contributed by atoms with Crippen molar-refractivity contribution in [2.24, 2.45) is 0 Å². The van der Waals surface area contributed by atoms with Crippen molar-refractivity contribution in [3.63, 3.8) is 0 Å². The zero-order valence-electron chi connectivity index (χ0n) is 9.43. The molecule has 2 aromatic heterocycles. The molecule has 3 aromatic rings. The van der Waals surface area contributed by atoms with Crippen molar-refractivity contribution < 1.29 is 0 Å². The first kappa shape index (κ1) is 11.6. The van der Waals surface area contributed by atoms with E-state index in [1.165, 1.54) is 0 Å². The van der Waals surface area contributed by atoms with Crippen LogP contribution < -0.4 is 0 Å². The number of rotatable bonds is 1. The van der Waals surface area contributed by atoms with Gasteiger partial charge in [0.15, 0.2) is 11.5 Å². The third-order valence-corrected chi connectivity index (χ3v) is 3.39. The smallest absolute Gasteiger partial charge is 0.225 e. The van der Waals surface area contributed by atoms with Crippen LogP contribution in [0.25, 0.3) is 17.0 Å². The van der Waals surface area contributed by atoms with E-state index in [-0.39, 0.29) is 0 Å². The summed E-state index contributed by atoms with van der Waals surface area (Å²) in [6.45, 7) is 1.93. The minimum absolute atomic E-state index is 0.312. The molecule has 2 heterocycles. The molecule has 0 amide bonds. The van der Waals surface area contributed by atoms with Crippen LogP contribution in [0, 0.1) is 6.92 Å². The van der Waals surface area contributed by atoms with Crippen molar-refractivity contribution in [1.29, 1.82) is 0 Å². The molecule has 0 saturated heterocycles. The summed E-state index contributed by atoms with van der Waals surface area (Å²) < 4.78 is 2.57. The normalized spacial score (nSPS) is 11.1. The molecule has 18 heavy (non-hydrogen) atoms. The number of hydrogen-bond donors (Lipinski definition) is 0. The highest BCUT2D eigenvalue weighted by Crippen LogP contribution is 2.21. The molecule has 0 unspecified atom stereocenters. The molecule has 0 saturated carbocycles. The standard InChI is InChI=1S/C12H8BrClN4/c1-7-6-15-12(14)18-11(7)16-10(17-18)8-2-4-9(13)5-3-8/h2-6H,1H3. The summed E-state index contributed by atoms with van der Waals surface area (Å²) in [6, 6.07) is 7.81. The maximum absolute atomic E-state index is 6.00. The Morgan fingerprint density at radius 1 is 1.22 bits per heavy atom. The lowest BCUT2D eigenvalue weighted by atomic mass is 10.2. The number of fused-ring (bicyclic) bond motifs is 1. The number of benzene rings is 1. The maximum Gasteiger partial charge on any atom is 0.225 e. The number of aromatic nitrogens is 4. The molecular formula is C12H8BrClN4. The molecule has 0 aliphatic rings. The fourth-order valence-electron chi connectivity index (χ4n) is 1.68. The van der Waals surface area contributed by atoms with Crippen LogP contribution >= 0.6 is 27.5 Å². The van der Waals surface area contributed by atoms with E-state index in [4.69, 9.17) is 11.6 Å². The highest BCUT2D eigenvalue weighted by atomic mass is 79.9. The molecule has 0 fully saturated rings. The van der Waals surface area contributed by atoms with E-state index < -0.39 is 0 Å². The van der Waals surface area contributed by atoms with Gasteiger partial charge in [-0.05, 0) is 30.7 Å². The van der Waals surface area contributed by atoms with Gasteiger partial charge in [-0.25, -0.2) is 9.97 Å². The van der Waals surface area contributed by atoms with Gasteiger partial charge in [0.25, 0.3) is 0 Å². The summed E-state index contributed by atoms with van der Waals surface area (Å²) in [4.78, 5) is 8.53. The van der Waals surface area contributed by atoms with Gasteiger partial charge in [0.2, 0.25) is 5.28 Å². The summed E-state index contributed by atoms with van der Waals surface area (Å²) >= 11 is 9.40. The Kier molecular flexibility index (Phi) is 2.80. The second-order valence-corrected chi connectivity index (χ2v) is 5.14. The highest BCUT2D eigenvalue weighted by Gasteiger charge is 2.10. The largest absolute Gasteiger partial charge is 0.226 e. The van der Waals surface area contributed by atoms with Gasteiger partial charge in [0, 0.05) is 21.8 Å². The molecule has 0 atom stereocenters. The Labute approximate surface area is 117 Å². The van der Waals surface area contributed by atoms with Gasteiger partial charge in [-0.2, -0.15) is 4.52 Å². The van der Waals surface area contributed by atoms with Crippen LogP contribution in [0.2, 0.25) is 5.28 Å². The Morgan fingerprint density at radius 2 is 1.94 bits per heavy atom. The quantitative estimate of drug-likeness (QED) is 0.644. The predicted molar refractivity (Wildman–Crippen MR) is 73.7 cm³/mol. The number of aryl methyl sites for hydroxylation is 1. The number of hydrogen-bond acceptors (Lipinski definition) is 3. The van der Waals surface area contributed by atoms with Crippen molar-refractivity contribution in [3.05, 3.63) is 45.8 Å². The molecule has 4 nitrogen and oxygen atoms in total. The van der Waals surface area contributed by atoms with E-state index in [0.29, 0.717) is 11.1 Å². The van der Waals surface area contributed by atoms with Gasteiger partial charge in [0.1, 0.15) is 0 Å². The molecular weight excluding hydrogens is 316 g/mol. The van der Waals surface area contributed by atoms with Crippen LogP contribution in [0.3, 0.4) is 0 Å². The molecule has 0 aliphatic carbocycles. The van der Waals surface area contributed by atoms with E-state index in [1.54, 1.807) is 10.7 Å². The first-order chi connectivity index (χ1) is 8.65. The molecule has 1 aromatic carbocycles. The Hall–Kier alpha value is -1.46.